The maximum absolute atomic E-state index is 13.4. The summed E-state index contributed by atoms with van der Waals surface area (Å²) in [5.41, 5.74) is -2.67. The number of ether oxygens (including phenoxy) is 1. The molecule has 1 N–H and O–H groups in total. The molecule has 4 nitrogen and oxygen atoms in total. The summed E-state index contributed by atoms with van der Waals surface area (Å²) in [6, 6.07) is 0.976. The number of halogens is 6. The van der Waals surface area contributed by atoms with Crippen LogP contribution >= 0.6 is 0 Å². The number of rotatable bonds is 11. The minimum atomic E-state index is -5.04. The second-order valence-electron chi connectivity index (χ2n) is 10.3. The van der Waals surface area contributed by atoms with Crippen molar-refractivity contribution in [2.75, 3.05) is 5.32 Å². The summed E-state index contributed by atoms with van der Waals surface area (Å²) in [4.78, 5) is 26.2. The predicted octanol–water partition coefficient (Wildman–Crippen LogP) is 8.32. The van der Waals surface area contributed by atoms with E-state index >= 15 is 0 Å². The minimum Gasteiger partial charge on any atom is -0.461 e. The number of hydrogen-bond donors (Lipinski definition) is 1. The highest BCUT2D eigenvalue weighted by molar-refractivity contribution is 5.96. The summed E-state index contributed by atoms with van der Waals surface area (Å²) in [5, 5.41) is 2.26. The fourth-order valence-corrected chi connectivity index (χ4v) is 5.42. The van der Waals surface area contributed by atoms with E-state index in [2.05, 4.69) is 19.2 Å². The third-order valence-electron chi connectivity index (χ3n) is 7.36. The highest BCUT2D eigenvalue weighted by Crippen LogP contribution is 2.45. The van der Waals surface area contributed by atoms with Crippen molar-refractivity contribution in [3.63, 3.8) is 0 Å². The molecule has 0 aromatic heterocycles. The van der Waals surface area contributed by atoms with Gasteiger partial charge in [-0.05, 0) is 50.3 Å². The molecule has 3 rings (SSSR count). The van der Waals surface area contributed by atoms with Crippen LogP contribution in [0.1, 0.15) is 89.2 Å². The Bertz CT molecular complexity index is 985. The predicted molar refractivity (Wildman–Crippen MR) is 131 cm³/mol. The molecule has 0 saturated carbocycles. The van der Waals surface area contributed by atoms with Crippen molar-refractivity contribution in [1.29, 1.82) is 0 Å². The monoisotopic (exact) mass is 547 g/mol. The molecular weight excluding hydrogens is 512 g/mol. The molecule has 1 aliphatic carbocycles. The number of fused-ring (bicyclic) bond motifs is 1. The first-order valence-corrected chi connectivity index (χ1v) is 13.4. The number of esters is 1. The molecule has 212 valence electrons. The average molecular weight is 548 g/mol. The SMILES string of the molecule is CCCCCCC1=C[C@H]2[C@H](C(=O)O[C@H]2CCCCC)[C@H](C(=O)Nc2cc(C(F)(F)F)cc(C(F)(F)F)c2)C1. The van der Waals surface area contributed by atoms with E-state index in [9.17, 15) is 35.9 Å². The lowest BCUT2D eigenvalue weighted by Gasteiger charge is -2.31. The smallest absolute Gasteiger partial charge is 0.416 e. The number of nitrogens with one attached hydrogen (secondary N) is 1. The van der Waals surface area contributed by atoms with Gasteiger partial charge < -0.3 is 10.1 Å². The van der Waals surface area contributed by atoms with Gasteiger partial charge in [-0.1, -0.05) is 57.6 Å². The van der Waals surface area contributed by atoms with E-state index in [0.717, 1.165) is 50.5 Å². The third kappa shape index (κ3) is 7.53. The van der Waals surface area contributed by atoms with Gasteiger partial charge in [-0.3, -0.25) is 9.59 Å². The van der Waals surface area contributed by atoms with Gasteiger partial charge >= 0.3 is 18.3 Å². The van der Waals surface area contributed by atoms with Crippen molar-refractivity contribution in [2.45, 2.75) is 96.5 Å². The molecule has 38 heavy (non-hydrogen) atoms. The number of unbranched alkanes of at least 4 members (excludes halogenated alkanes) is 5. The lowest BCUT2D eigenvalue weighted by molar-refractivity contribution is -0.147. The lowest BCUT2D eigenvalue weighted by Crippen LogP contribution is -2.38. The van der Waals surface area contributed by atoms with Crippen LogP contribution in [0, 0.1) is 17.8 Å². The van der Waals surface area contributed by atoms with Crippen molar-refractivity contribution in [3.05, 3.63) is 41.0 Å². The van der Waals surface area contributed by atoms with Crippen molar-refractivity contribution in [1.82, 2.24) is 0 Å². The molecular formula is C28H35F6NO3. The van der Waals surface area contributed by atoms with Gasteiger partial charge in [0.15, 0.2) is 0 Å². The Morgan fingerprint density at radius 3 is 2.11 bits per heavy atom. The Kier molecular flexibility index (Phi) is 9.92. The van der Waals surface area contributed by atoms with Crippen molar-refractivity contribution >= 4 is 17.6 Å². The van der Waals surface area contributed by atoms with E-state index in [1.54, 1.807) is 0 Å². The minimum absolute atomic E-state index is 0.0126. The van der Waals surface area contributed by atoms with Gasteiger partial charge in [-0.2, -0.15) is 26.3 Å². The summed E-state index contributed by atoms with van der Waals surface area (Å²) in [6.07, 6.45) is -0.106. The first-order valence-electron chi connectivity index (χ1n) is 13.4. The topological polar surface area (TPSA) is 55.4 Å². The Morgan fingerprint density at radius 1 is 0.921 bits per heavy atom. The van der Waals surface area contributed by atoms with Crippen LogP contribution in [0.15, 0.2) is 29.8 Å². The maximum Gasteiger partial charge on any atom is 0.416 e. The Balaban J connectivity index is 1.88. The molecule has 1 saturated heterocycles. The number of anilines is 1. The molecule has 2 aliphatic rings. The fourth-order valence-electron chi connectivity index (χ4n) is 5.42. The zero-order valence-electron chi connectivity index (χ0n) is 21.7. The van der Waals surface area contributed by atoms with Crippen LogP contribution in [0.3, 0.4) is 0 Å². The number of carbonyl (C=O) groups is 2. The Labute approximate surface area is 219 Å². The molecule has 0 unspecified atom stereocenters. The van der Waals surface area contributed by atoms with E-state index in [1.807, 2.05) is 6.08 Å². The first-order chi connectivity index (χ1) is 17.8. The summed E-state index contributed by atoms with van der Waals surface area (Å²) in [7, 11) is 0. The van der Waals surface area contributed by atoms with Gasteiger partial charge in [0, 0.05) is 11.6 Å². The second kappa shape index (κ2) is 12.6. The van der Waals surface area contributed by atoms with E-state index in [4.69, 9.17) is 4.74 Å². The molecule has 4 atom stereocenters. The molecule has 0 bridgehead atoms. The molecule has 0 spiro atoms. The molecule has 1 aromatic carbocycles. The summed E-state index contributed by atoms with van der Waals surface area (Å²) < 4.78 is 85.5. The van der Waals surface area contributed by atoms with Crippen LogP contribution in [-0.2, 0) is 26.7 Å². The number of hydrogen-bond acceptors (Lipinski definition) is 3. The van der Waals surface area contributed by atoms with E-state index in [1.165, 1.54) is 0 Å². The number of amides is 1. The lowest BCUT2D eigenvalue weighted by atomic mass is 9.70. The van der Waals surface area contributed by atoms with Gasteiger partial charge in [0.25, 0.3) is 0 Å². The Hall–Kier alpha value is -2.52. The number of allylic oxidation sites excluding steroid dienone is 1. The molecule has 10 heteroatoms. The molecule has 1 aromatic rings. The summed E-state index contributed by atoms with van der Waals surface area (Å²) in [5.74, 6) is -3.44. The summed E-state index contributed by atoms with van der Waals surface area (Å²) >= 11 is 0. The standard InChI is InChI=1S/C28H35F6NO3/c1-3-5-7-9-10-17-12-21-23(11-8-6-4-2)38-26(37)24(21)22(13-17)25(36)35-20-15-18(27(29,30)31)14-19(16-20)28(32,33)34/h12,14-16,21-24H,3-11,13H2,1-2H3,(H,35,36)/t21-,22-,23+,24+/m1/s1. The van der Waals surface area contributed by atoms with Crippen LogP contribution in [-0.4, -0.2) is 18.0 Å². The molecule has 1 heterocycles. The van der Waals surface area contributed by atoms with Crippen molar-refractivity contribution in [3.8, 4) is 0 Å². The summed E-state index contributed by atoms with van der Waals surface area (Å²) in [6.45, 7) is 4.14. The van der Waals surface area contributed by atoms with Crippen LogP contribution in [0.25, 0.3) is 0 Å². The van der Waals surface area contributed by atoms with Gasteiger partial charge in [-0.25, -0.2) is 0 Å². The highest BCUT2D eigenvalue weighted by atomic mass is 19.4. The Morgan fingerprint density at radius 2 is 1.53 bits per heavy atom. The first kappa shape index (κ1) is 30.0. The normalized spacial score (nSPS) is 23.6. The van der Waals surface area contributed by atoms with Gasteiger partial charge in [0.1, 0.15) is 6.10 Å². The van der Waals surface area contributed by atoms with Gasteiger partial charge in [-0.15, -0.1) is 0 Å². The molecule has 1 amide bonds. The quantitative estimate of drug-likeness (QED) is 0.131. The van der Waals surface area contributed by atoms with Crippen LogP contribution < -0.4 is 5.32 Å². The highest BCUT2D eigenvalue weighted by Gasteiger charge is 2.51. The third-order valence-corrected chi connectivity index (χ3v) is 7.36. The van der Waals surface area contributed by atoms with Crippen LogP contribution in [0.5, 0.6) is 0 Å². The van der Waals surface area contributed by atoms with E-state index < -0.39 is 59.0 Å². The number of alkyl halides is 6. The van der Waals surface area contributed by atoms with Crippen molar-refractivity contribution < 1.29 is 40.7 Å². The number of cyclic esters (lactones) is 1. The fraction of sp³-hybridized carbons (Fsp3) is 0.643. The van der Waals surface area contributed by atoms with Crippen LogP contribution in [0.2, 0.25) is 0 Å². The van der Waals surface area contributed by atoms with Crippen molar-refractivity contribution in [2.24, 2.45) is 17.8 Å². The number of benzene rings is 1. The molecule has 1 aliphatic heterocycles. The molecule has 1 fully saturated rings. The second-order valence-corrected chi connectivity index (χ2v) is 10.3. The van der Waals surface area contributed by atoms with Crippen LogP contribution in [0.4, 0.5) is 32.0 Å². The largest absolute Gasteiger partial charge is 0.461 e. The maximum atomic E-state index is 13.4. The van der Waals surface area contributed by atoms with E-state index in [-0.39, 0.29) is 18.4 Å². The average Bonchev–Trinajstić information content (AvgIpc) is 3.15. The molecule has 0 radical (unpaired) electrons. The van der Waals surface area contributed by atoms with E-state index in [0.29, 0.717) is 25.0 Å². The van der Waals surface area contributed by atoms with Gasteiger partial charge in [0.2, 0.25) is 5.91 Å². The number of carbonyl (C=O) groups excluding carboxylic acids is 2. The zero-order valence-corrected chi connectivity index (χ0v) is 21.7. The zero-order chi connectivity index (χ0) is 28.1. The van der Waals surface area contributed by atoms with Gasteiger partial charge in [0.05, 0.1) is 23.0 Å².